The first-order chi connectivity index (χ1) is 17.0. The fourth-order valence-corrected chi connectivity index (χ4v) is 4.51. The summed E-state index contributed by atoms with van der Waals surface area (Å²) in [4.78, 5) is 44.4. The number of ether oxygens (including phenoxy) is 1. The van der Waals surface area contributed by atoms with Crippen molar-refractivity contribution in [2.75, 3.05) is 58.2 Å². The first-order valence-corrected chi connectivity index (χ1v) is 12.0. The van der Waals surface area contributed by atoms with Crippen molar-refractivity contribution in [2.24, 2.45) is 0 Å². The summed E-state index contributed by atoms with van der Waals surface area (Å²) in [5.41, 5.74) is 1.89. The van der Waals surface area contributed by atoms with Crippen LogP contribution in [0.3, 0.4) is 0 Å². The first-order valence-electron chi connectivity index (χ1n) is 12.0. The van der Waals surface area contributed by atoms with Gasteiger partial charge in [0.25, 0.3) is 0 Å². The predicted octanol–water partition coefficient (Wildman–Crippen LogP) is 1.17. The second-order valence-corrected chi connectivity index (χ2v) is 8.91. The number of rotatable bonds is 8. The molecule has 2 aromatic rings. The lowest BCUT2D eigenvalue weighted by Crippen LogP contribution is -2.60. The molecule has 0 saturated carbocycles. The van der Waals surface area contributed by atoms with Gasteiger partial charge in [-0.25, -0.2) is 0 Å². The predicted molar refractivity (Wildman–Crippen MR) is 133 cm³/mol. The van der Waals surface area contributed by atoms with Gasteiger partial charge >= 0.3 is 0 Å². The second-order valence-electron chi connectivity index (χ2n) is 8.91. The zero-order chi connectivity index (χ0) is 24.6. The molecule has 2 saturated heterocycles. The van der Waals surface area contributed by atoms with E-state index in [4.69, 9.17) is 4.74 Å². The summed E-state index contributed by atoms with van der Waals surface area (Å²) in [5, 5.41) is 5.58. The summed E-state index contributed by atoms with van der Waals surface area (Å²) >= 11 is 0. The molecule has 9 nitrogen and oxygen atoms in total. The van der Waals surface area contributed by atoms with Crippen molar-refractivity contribution in [2.45, 2.75) is 19.0 Å². The number of hydrogen-bond acceptors (Lipinski definition) is 6. The van der Waals surface area contributed by atoms with E-state index in [9.17, 15) is 14.4 Å². The quantitative estimate of drug-likeness (QED) is 0.590. The van der Waals surface area contributed by atoms with Crippen LogP contribution in [-0.4, -0.2) is 91.4 Å². The fraction of sp³-hybridized carbons (Fsp3) is 0.423. The number of hydrogen-bond donors (Lipinski definition) is 2. The van der Waals surface area contributed by atoms with E-state index in [1.807, 2.05) is 18.2 Å². The molecule has 2 aliphatic rings. The highest BCUT2D eigenvalue weighted by Gasteiger charge is 2.35. The van der Waals surface area contributed by atoms with Gasteiger partial charge in [0.15, 0.2) is 0 Å². The van der Waals surface area contributed by atoms with Crippen LogP contribution < -0.4 is 15.4 Å². The van der Waals surface area contributed by atoms with E-state index in [0.717, 1.165) is 32.7 Å². The molecule has 2 heterocycles. The van der Waals surface area contributed by atoms with Gasteiger partial charge in [0, 0.05) is 51.5 Å². The maximum Gasteiger partial charge on any atom is 0.243 e. The van der Waals surface area contributed by atoms with Crippen molar-refractivity contribution < 1.29 is 19.1 Å². The number of carbonyl (C=O) groups excluding carboxylic acids is 3. The number of methoxy groups -OCH3 is 1. The lowest BCUT2D eigenvalue weighted by molar-refractivity contribution is -0.145. The summed E-state index contributed by atoms with van der Waals surface area (Å²) < 4.78 is 5.13. The van der Waals surface area contributed by atoms with Crippen LogP contribution in [0.15, 0.2) is 54.6 Å². The fourth-order valence-electron chi connectivity index (χ4n) is 4.51. The zero-order valence-corrected chi connectivity index (χ0v) is 20.1. The molecule has 0 radical (unpaired) electrons. The third-order valence-corrected chi connectivity index (χ3v) is 6.48. The molecule has 3 amide bonds. The number of amides is 3. The molecule has 35 heavy (non-hydrogen) atoms. The largest absolute Gasteiger partial charge is 0.497 e. The van der Waals surface area contributed by atoms with Crippen molar-refractivity contribution in [3.63, 3.8) is 0 Å². The molecule has 1 atom stereocenters. The highest BCUT2D eigenvalue weighted by atomic mass is 16.5. The van der Waals surface area contributed by atoms with Crippen LogP contribution in [0, 0.1) is 0 Å². The topological polar surface area (TPSA) is 94.2 Å². The van der Waals surface area contributed by atoms with Gasteiger partial charge in [-0.1, -0.05) is 30.3 Å². The summed E-state index contributed by atoms with van der Waals surface area (Å²) in [7, 11) is 1.57. The molecule has 2 N–H and O–H groups in total. The number of nitrogens with zero attached hydrogens (tertiary/aromatic N) is 3. The number of carbonyl (C=O) groups is 3. The van der Waals surface area contributed by atoms with E-state index in [1.54, 1.807) is 36.3 Å². The minimum absolute atomic E-state index is 0.0888. The smallest absolute Gasteiger partial charge is 0.243 e. The molecule has 2 aliphatic heterocycles. The van der Waals surface area contributed by atoms with Gasteiger partial charge in [-0.2, -0.15) is 0 Å². The van der Waals surface area contributed by atoms with Gasteiger partial charge < -0.3 is 20.3 Å². The van der Waals surface area contributed by atoms with Crippen molar-refractivity contribution in [1.82, 2.24) is 20.0 Å². The van der Waals surface area contributed by atoms with Crippen LogP contribution in [0.1, 0.15) is 12.0 Å². The third-order valence-electron chi connectivity index (χ3n) is 6.48. The average molecular weight is 480 g/mol. The molecule has 0 spiro atoms. The van der Waals surface area contributed by atoms with Gasteiger partial charge in [0.1, 0.15) is 11.8 Å². The Morgan fingerprint density at radius 2 is 1.66 bits per heavy atom. The van der Waals surface area contributed by atoms with Gasteiger partial charge in [0.05, 0.1) is 20.1 Å². The maximum absolute atomic E-state index is 13.2. The highest BCUT2D eigenvalue weighted by Crippen LogP contribution is 2.17. The van der Waals surface area contributed by atoms with Crippen LogP contribution >= 0.6 is 0 Å². The molecule has 0 unspecified atom stereocenters. The van der Waals surface area contributed by atoms with Gasteiger partial charge in [-0.3, -0.25) is 24.2 Å². The zero-order valence-electron chi connectivity index (χ0n) is 20.1. The standard InChI is InChI=1S/C26H33N5O4/c1-35-22-9-7-21(8-10-22)28-24(32)17-23-26(34)27-11-12-31(23)25(33)19-30-15-13-29(14-16-30)18-20-5-3-2-4-6-20/h2-10,23H,11-19H2,1H3,(H,27,34)(H,28,32)/t23-/m1/s1. The Bertz CT molecular complexity index is 1010. The lowest BCUT2D eigenvalue weighted by atomic mass is 10.1. The van der Waals surface area contributed by atoms with Gasteiger partial charge in [-0.05, 0) is 29.8 Å². The normalized spacial score (nSPS) is 19.2. The Balaban J connectivity index is 1.28. The van der Waals surface area contributed by atoms with E-state index >= 15 is 0 Å². The molecule has 4 rings (SSSR count). The number of nitrogens with one attached hydrogen (secondary N) is 2. The Labute approximate surface area is 206 Å². The minimum atomic E-state index is -0.811. The van der Waals surface area contributed by atoms with Crippen LogP contribution in [-0.2, 0) is 20.9 Å². The average Bonchev–Trinajstić information content (AvgIpc) is 2.87. The lowest BCUT2D eigenvalue weighted by Gasteiger charge is -2.38. The molecular formula is C26H33N5O4. The summed E-state index contributed by atoms with van der Waals surface area (Å²) in [6, 6.07) is 16.5. The monoisotopic (exact) mass is 479 g/mol. The highest BCUT2D eigenvalue weighted by molar-refractivity contribution is 5.97. The molecular weight excluding hydrogens is 446 g/mol. The third kappa shape index (κ3) is 6.80. The first kappa shape index (κ1) is 24.7. The van der Waals surface area contributed by atoms with Crippen molar-refractivity contribution in [3.8, 4) is 5.75 Å². The van der Waals surface area contributed by atoms with E-state index in [-0.39, 0.29) is 30.7 Å². The van der Waals surface area contributed by atoms with Gasteiger partial charge in [0.2, 0.25) is 17.7 Å². The molecule has 2 aromatic carbocycles. The van der Waals surface area contributed by atoms with Crippen molar-refractivity contribution >= 4 is 23.4 Å². The number of benzene rings is 2. The van der Waals surface area contributed by atoms with Crippen LogP contribution in [0.25, 0.3) is 0 Å². The Hall–Kier alpha value is -3.43. The van der Waals surface area contributed by atoms with E-state index in [1.165, 1.54) is 5.56 Å². The molecule has 9 heteroatoms. The number of anilines is 1. The minimum Gasteiger partial charge on any atom is -0.497 e. The molecule has 2 fully saturated rings. The SMILES string of the molecule is COc1ccc(NC(=O)C[C@@H]2C(=O)NCCN2C(=O)CN2CCN(Cc3ccccc3)CC2)cc1. The van der Waals surface area contributed by atoms with Gasteiger partial charge in [-0.15, -0.1) is 0 Å². The summed E-state index contributed by atoms with van der Waals surface area (Å²) in [6.45, 7) is 5.31. The van der Waals surface area contributed by atoms with Crippen LogP contribution in [0.2, 0.25) is 0 Å². The van der Waals surface area contributed by atoms with Crippen molar-refractivity contribution in [1.29, 1.82) is 0 Å². The van der Waals surface area contributed by atoms with E-state index in [0.29, 0.717) is 24.5 Å². The second kappa shape index (κ2) is 11.8. The Morgan fingerprint density at radius 1 is 0.971 bits per heavy atom. The maximum atomic E-state index is 13.2. The Morgan fingerprint density at radius 3 is 2.34 bits per heavy atom. The van der Waals surface area contributed by atoms with Crippen LogP contribution in [0.4, 0.5) is 5.69 Å². The molecule has 0 aromatic heterocycles. The molecule has 186 valence electrons. The van der Waals surface area contributed by atoms with Crippen LogP contribution in [0.5, 0.6) is 5.75 Å². The molecule has 0 bridgehead atoms. The Kier molecular flexibility index (Phi) is 8.33. The summed E-state index contributed by atoms with van der Waals surface area (Å²) in [5.74, 6) is -0.0300. The summed E-state index contributed by atoms with van der Waals surface area (Å²) in [6.07, 6.45) is -0.0888. The van der Waals surface area contributed by atoms with Crippen molar-refractivity contribution in [3.05, 3.63) is 60.2 Å². The number of piperazine rings is 2. The van der Waals surface area contributed by atoms with E-state index in [2.05, 4.69) is 32.6 Å². The van der Waals surface area contributed by atoms with E-state index < -0.39 is 6.04 Å². The molecule has 0 aliphatic carbocycles.